The van der Waals surface area contributed by atoms with Gasteiger partial charge in [-0.15, -0.1) is 11.8 Å². The Kier molecular flexibility index (Phi) is 5.35. The van der Waals surface area contributed by atoms with Gasteiger partial charge < -0.3 is 10.0 Å². The second kappa shape index (κ2) is 6.69. The van der Waals surface area contributed by atoms with Gasteiger partial charge >= 0.3 is 12.0 Å². The van der Waals surface area contributed by atoms with Crippen LogP contribution in [0.1, 0.15) is 27.7 Å². The number of urea groups is 1. The normalized spacial score (nSPS) is 33.6. The molecule has 0 aromatic heterocycles. The minimum absolute atomic E-state index is 0.0428. The lowest BCUT2D eigenvalue weighted by Gasteiger charge is -2.39. The van der Waals surface area contributed by atoms with Gasteiger partial charge in [-0.1, -0.05) is 27.7 Å². The molecule has 0 aliphatic carbocycles. The van der Waals surface area contributed by atoms with Crippen molar-refractivity contribution in [2.45, 2.75) is 49.6 Å². The lowest BCUT2D eigenvalue weighted by molar-refractivity contribution is -0.141. The summed E-state index contributed by atoms with van der Waals surface area (Å²) in [7, 11) is 0. The largest absolute Gasteiger partial charge is 0.480 e. The monoisotopic (exact) mass is 332 g/mol. The molecule has 2 aliphatic rings. The van der Waals surface area contributed by atoms with Crippen molar-refractivity contribution in [1.29, 1.82) is 0 Å². The Morgan fingerprint density at radius 3 is 2.24 bits per heavy atom. The highest BCUT2D eigenvalue weighted by Crippen LogP contribution is 2.36. The molecule has 2 rings (SSSR count). The molecule has 0 radical (unpaired) electrons. The van der Waals surface area contributed by atoms with Crippen LogP contribution in [0.2, 0.25) is 0 Å². The zero-order valence-electron chi connectivity index (χ0n) is 13.0. The molecule has 7 heteroatoms. The Bertz CT molecular complexity index is 409. The maximum absolute atomic E-state index is 12.9. The van der Waals surface area contributed by atoms with Gasteiger partial charge in [-0.25, -0.2) is 9.59 Å². The molecule has 2 aliphatic heterocycles. The van der Waals surface area contributed by atoms with E-state index < -0.39 is 12.0 Å². The number of carbonyl (C=O) groups is 2. The lowest BCUT2D eigenvalue weighted by atomic mass is 10.1. The number of aliphatic carboxylic acids is 1. The highest BCUT2D eigenvalue weighted by molar-refractivity contribution is 8.00. The van der Waals surface area contributed by atoms with Crippen LogP contribution < -0.4 is 0 Å². The average Bonchev–Trinajstić information content (AvgIpc) is 2.81. The topological polar surface area (TPSA) is 60.9 Å². The number of hydrogen-bond acceptors (Lipinski definition) is 4. The fourth-order valence-electron chi connectivity index (χ4n) is 2.97. The summed E-state index contributed by atoms with van der Waals surface area (Å²) < 4.78 is 0. The highest BCUT2D eigenvalue weighted by atomic mass is 32.2. The third-order valence-corrected chi connectivity index (χ3v) is 6.65. The van der Waals surface area contributed by atoms with Crippen LogP contribution in [0.3, 0.4) is 0 Å². The van der Waals surface area contributed by atoms with E-state index in [-0.39, 0.29) is 17.3 Å². The standard InChI is InChI=1S/C14H24N2O3S2/c1-8(2)12-16(11(7-20-12)13(17)18)14(19)15-5-9(3)21-10(4)6-15/h8-12H,5-7H2,1-4H3,(H,17,18). The second-order valence-corrected chi connectivity index (χ2v) is 9.21. The minimum Gasteiger partial charge on any atom is -0.480 e. The molecule has 21 heavy (non-hydrogen) atoms. The van der Waals surface area contributed by atoms with Crippen LogP contribution >= 0.6 is 23.5 Å². The molecule has 1 N–H and O–H groups in total. The zero-order chi connectivity index (χ0) is 15.7. The van der Waals surface area contributed by atoms with Crippen LogP contribution in [0.5, 0.6) is 0 Å². The summed E-state index contributed by atoms with van der Waals surface area (Å²) in [5.74, 6) is -0.166. The number of amides is 2. The first-order chi connectivity index (χ1) is 9.81. The minimum atomic E-state index is -0.897. The van der Waals surface area contributed by atoms with Crippen molar-refractivity contribution in [3.63, 3.8) is 0 Å². The molecular weight excluding hydrogens is 308 g/mol. The van der Waals surface area contributed by atoms with E-state index >= 15 is 0 Å². The molecule has 120 valence electrons. The molecule has 5 nitrogen and oxygen atoms in total. The van der Waals surface area contributed by atoms with E-state index in [0.29, 0.717) is 29.3 Å². The molecule has 0 bridgehead atoms. The van der Waals surface area contributed by atoms with Crippen molar-refractivity contribution < 1.29 is 14.7 Å². The van der Waals surface area contributed by atoms with E-state index in [9.17, 15) is 14.7 Å². The van der Waals surface area contributed by atoms with E-state index in [1.165, 1.54) is 0 Å². The Balaban J connectivity index is 2.18. The third kappa shape index (κ3) is 3.62. The van der Waals surface area contributed by atoms with Gasteiger partial charge in [0.25, 0.3) is 0 Å². The maximum Gasteiger partial charge on any atom is 0.327 e. The molecule has 0 aromatic rings. The summed E-state index contributed by atoms with van der Waals surface area (Å²) >= 11 is 3.47. The van der Waals surface area contributed by atoms with Gasteiger partial charge in [0, 0.05) is 29.3 Å². The van der Waals surface area contributed by atoms with Crippen LogP contribution in [0.4, 0.5) is 4.79 Å². The molecule has 2 fully saturated rings. The van der Waals surface area contributed by atoms with Gasteiger partial charge in [0.05, 0.1) is 5.37 Å². The highest BCUT2D eigenvalue weighted by Gasteiger charge is 2.45. The van der Waals surface area contributed by atoms with E-state index in [4.69, 9.17) is 0 Å². The van der Waals surface area contributed by atoms with Crippen LogP contribution in [0.25, 0.3) is 0 Å². The Morgan fingerprint density at radius 1 is 1.19 bits per heavy atom. The predicted molar refractivity (Wildman–Crippen MR) is 87.8 cm³/mol. The van der Waals surface area contributed by atoms with Crippen LogP contribution in [0.15, 0.2) is 0 Å². The number of rotatable bonds is 2. The molecule has 4 atom stereocenters. The first-order valence-electron chi connectivity index (χ1n) is 7.38. The number of carboxylic acid groups (broad SMARTS) is 1. The van der Waals surface area contributed by atoms with E-state index in [1.807, 2.05) is 30.5 Å². The van der Waals surface area contributed by atoms with Gasteiger partial charge in [-0.3, -0.25) is 4.90 Å². The number of carbonyl (C=O) groups excluding carboxylic acids is 1. The Labute approximate surface area is 134 Å². The molecule has 0 spiro atoms. The molecular formula is C14H24N2O3S2. The molecule has 4 unspecified atom stereocenters. The van der Waals surface area contributed by atoms with Gasteiger partial charge in [-0.2, -0.15) is 11.8 Å². The van der Waals surface area contributed by atoms with Crippen molar-refractivity contribution >= 4 is 35.5 Å². The SMILES string of the molecule is CC1CN(C(=O)N2C(C(=O)O)CSC2C(C)C)CC(C)S1. The predicted octanol–water partition coefficient (Wildman–Crippen LogP) is 2.42. The number of thioether (sulfide) groups is 2. The number of carboxylic acids is 1. The summed E-state index contributed by atoms with van der Waals surface area (Å²) in [4.78, 5) is 27.8. The fraction of sp³-hybridized carbons (Fsp3) is 0.857. The molecule has 2 amide bonds. The average molecular weight is 332 g/mol. The van der Waals surface area contributed by atoms with Crippen molar-refractivity contribution in [1.82, 2.24) is 9.80 Å². The second-order valence-electron chi connectivity index (χ2n) is 6.17. The Hall–Kier alpha value is -0.560. The molecule has 0 saturated carbocycles. The van der Waals surface area contributed by atoms with Gasteiger partial charge in [0.15, 0.2) is 0 Å². The van der Waals surface area contributed by atoms with Crippen molar-refractivity contribution in [3.8, 4) is 0 Å². The maximum atomic E-state index is 12.9. The van der Waals surface area contributed by atoms with Gasteiger partial charge in [0.2, 0.25) is 0 Å². The van der Waals surface area contributed by atoms with Crippen molar-refractivity contribution in [2.75, 3.05) is 18.8 Å². The molecule has 2 heterocycles. The van der Waals surface area contributed by atoms with Crippen molar-refractivity contribution in [3.05, 3.63) is 0 Å². The van der Waals surface area contributed by atoms with Crippen LogP contribution in [0, 0.1) is 5.92 Å². The van der Waals surface area contributed by atoms with E-state index in [1.54, 1.807) is 16.7 Å². The third-order valence-electron chi connectivity index (χ3n) is 3.80. The Morgan fingerprint density at radius 2 is 1.76 bits per heavy atom. The van der Waals surface area contributed by atoms with Gasteiger partial charge in [0.1, 0.15) is 6.04 Å². The first-order valence-corrected chi connectivity index (χ1v) is 9.37. The fourth-order valence-corrected chi connectivity index (χ4v) is 5.76. The summed E-state index contributed by atoms with van der Waals surface area (Å²) in [6.45, 7) is 9.72. The zero-order valence-corrected chi connectivity index (χ0v) is 14.6. The van der Waals surface area contributed by atoms with E-state index in [2.05, 4.69) is 13.8 Å². The summed E-state index contributed by atoms with van der Waals surface area (Å²) in [5, 5.41) is 10.2. The molecule has 2 saturated heterocycles. The summed E-state index contributed by atoms with van der Waals surface area (Å²) in [6, 6.07) is -0.805. The van der Waals surface area contributed by atoms with Crippen LogP contribution in [-0.4, -0.2) is 67.7 Å². The van der Waals surface area contributed by atoms with E-state index in [0.717, 1.165) is 0 Å². The summed E-state index contributed by atoms with van der Waals surface area (Å²) in [6.07, 6.45) is 0. The van der Waals surface area contributed by atoms with Gasteiger partial charge in [-0.05, 0) is 5.92 Å². The first kappa shape index (κ1) is 16.8. The smallest absolute Gasteiger partial charge is 0.327 e. The molecule has 0 aromatic carbocycles. The van der Waals surface area contributed by atoms with Crippen molar-refractivity contribution in [2.24, 2.45) is 5.92 Å². The van der Waals surface area contributed by atoms with Crippen LogP contribution in [-0.2, 0) is 4.79 Å². The number of nitrogens with zero attached hydrogens (tertiary/aromatic N) is 2. The quantitative estimate of drug-likeness (QED) is 0.841. The lowest BCUT2D eigenvalue weighted by Crippen LogP contribution is -2.56. The number of hydrogen-bond donors (Lipinski definition) is 1. The summed E-state index contributed by atoms with van der Waals surface area (Å²) in [5.41, 5.74) is 0.